The van der Waals surface area contributed by atoms with Gasteiger partial charge in [0.05, 0.1) is 11.0 Å². The molecule has 0 saturated carbocycles. The van der Waals surface area contributed by atoms with Crippen molar-refractivity contribution in [3.05, 3.63) is 40.3 Å². The standard InChI is InChI=1S/C19H24N4O2/c1-12-8-16-17(22(3)19(25)21(16)2)9-15(12)20-18(24)23-10-13-6-4-5-7-14(13)11-23/h4-5,8-9,13-14H,6-7,10-11H2,1-3H3,(H,20,24). The van der Waals surface area contributed by atoms with Crippen molar-refractivity contribution in [2.24, 2.45) is 25.9 Å². The summed E-state index contributed by atoms with van der Waals surface area (Å²) in [4.78, 5) is 26.8. The van der Waals surface area contributed by atoms with Crippen LogP contribution < -0.4 is 11.0 Å². The summed E-state index contributed by atoms with van der Waals surface area (Å²) in [6, 6.07) is 3.81. The molecule has 2 amide bonds. The summed E-state index contributed by atoms with van der Waals surface area (Å²) in [5, 5.41) is 3.05. The molecule has 2 aromatic rings. The van der Waals surface area contributed by atoms with Crippen molar-refractivity contribution >= 4 is 22.8 Å². The lowest BCUT2D eigenvalue weighted by molar-refractivity contribution is 0.220. The van der Waals surface area contributed by atoms with Gasteiger partial charge in [-0.15, -0.1) is 0 Å². The molecular formula is C19H24N4O2. The van der Waals surface area contributed by atoms with E-state index in [2.05, 4.69) is 17.5 Å². The fourth-order valence-electron chi connectivity index (χ4n) is 4.16. The van der Waals surface area contributed by atoms with Crippen molar-refractivity contribution in [3.63, 3.8) is 0 Å². The molecule has 4 rings (SSSR count). The number of allylic oxidation sites excluding steroid dienone is 2. The largest absolute Gasteiger partial charge is 0.328 e. The summed E-state index contributed by atoms with van der Waals surface area (Å²) in [5.41, 5.74) is 3.37. The fraction of sp³-hybridized carbons (Fsp3) is 0.474. The quantitative estimate of drug-likeness (QED) is 0.811. The van der Waals surface area contributed by atoms with E-state index in [0.29, 0.717) is 11.8 Å². The monoisotopic (exact) mass is 340 g/mol. The third kappa shape index (κ3) is 2.56. The predicted octanol–water partition coefficient (Wildman–Crippen LogP) is 2.62. The van der Waals surface area contributed by atoms with Crippen LogP contribution in [-0.2, 0) is 14.1 Å². The van der Waals surface area contributed by atoms with Gasteiger partial charge in [-0.25, -0.2) is 9.59 Å². The van der Waals surface area contributed by atoms with E-state index in [0.717, 1.165) is 48.2 Å². The first-order chi connectivity index (χ1) is 12.0. The van der Waals surface area contributed by atoms with Gasteiger partial charge in [0, 0.05) is 32.9 Å². The maximum atomic E-state index is 12.7. The molecule has 1 aliphatic carbocycles. The van der Waals surface area contributed by atoms with Crippen LogP contribution in [0.4, 0.5) is 10.5 Å². The van der Waals surface area contributed by atoms with Crippen LogP contribution in [0.1, 0.15) is 18.4 Å². The van der Waals surface area contributed by atoms with Crippen molar-refractivity contribution in [2.45, 2.75) is 19.8 Å². The van der Waals surface area contributed by atoms with Gasteiger partial charge in [-0.2, -0.15) is 0 Å². The van der Waals surface area contributed by atoms with Crippen LogP contribution in [-0.4, -0.2) is 33.2 Å². The minimum Gasteiger partial charge on any atom is -0.324 e. The summed E-state index contributed by atoms with van der Waals surface area (Å²) in [6.45, 7) is 3.61. The summed E-state index contributed by atoms with van der Waals surface area (Å²) >= 11 is 0. The zero-order valence-electron chi connectivity index (χ0n) is 15.0. The number of anilines is 1. The minimum absolute atomic E-state index is 0.0437. The van der Waals surface area contributed by atoms with Gasteiger partial charge < -0.3 is 10.2 Å². The van der Waals surface area contributed by atoms with Crippen LogP contribution in [0.3, 0.4) is 0 Å². The number of carbonyl (C=O) groups is 1. The highest BCUT2D eigenvalue weighted by molar-refractivity contribution is 5.93. The summed E-state index contributed by atoms with van der Waals surface area (Å²) < 4.78 is 3.24. The molecule has 2 unspecified atom stereocenters. The zero-order chi connectivity index (χ0) is 17.7. The third-order valence-electron chi connectivity index (χ3n) is 5.77. The topological polar surface area (TPSA) is 59.3 Å². The Kier molecular flexibility index (Phi) is 3.71. The number of nitrogens with zero attached hydrogens (tertiary/aromatic N) is 3. The van der Waals surface area contributed by atoms with Gasteiger partial charge in [-0.3, -0.25) is 9.13 Å². The number of nitrogens with one attached hydrogen (secondary N) is 1. The molecule has 1 saturated heterocycles. The third-order valence-corrected chi connectivity index (χ3v) is 5.77. The van der Waals surface area contributed by atoms with Crippen LogP contribution in [0.15, 0.2) is 29.1 Å². The molecule has 0 spiro atoms. The second-order valence-corrected chi connectivity index (χ2v) is 7.35. The van der Waals surface area contributed by atoms with Gasteiger partial charge in [0.2, 0.25) is 0 Å². The molecule has 6 heteroatoms. The molecule has 132 valence electrons. The van der Waals surface area contributed by atoms with E-state index in [1.807, 2.05) is 24.0 Å². The lowest BCUT2D eigenvalue weighted by Gasteiger charge is -2.18. The number of aryl methyl sites for hydroxylation is 3. The van der Waals surface area contributed by atoms with E-state index < -0.39 is 0 Å². The number of rotatable bonds is 1. The van der Waals surface area contributed by atoms with Crippen LogP contribution in [0, 0.1) is 18.8 Å². The van der Waals surface area contributed by atoms with Gasteiger partial charge >= 0.3 is 11.7 Å². The predicted molar refractivity (Wildman–Crippen MR) is 98.8 cm³/mol. The van der Waals surface area contributed by atoms with E-state index in [4.69, 9.17) is 0 Å². The van der Waals surface area contributed by atoms with E-state index in [1.165, 1.54) is 0 Å². The Hall–Kier alpha value is -2.50. The molecule has 0 bridgehead atoms. The Morgan fingerprint density at radius 3 is 2.20 bits per heavy atom. The molecule has 6 nitrogen and oxygen atoms in total. The van der Waals surface area contributed by atoms with E-state index in [9.17, 15) is 9.59 Å². The van der Waals surface area contributed by atoms with Gasteiger partial charge in [0.25, 0.3) is 0 Å². The molecular weight excluding hydrogens is 316 g/mol. The molecule has 0 radical (unpaired) electrons. The number of hydrogen-bond donors (Lipinski definition) is 1. The highest BCUT2D eigenvalue weighted by Gasteiger charge is 2.35. The molecule has 1 fully saturated rings. The molecule has 1 aromatic carbocycles. The Labute approximate surface area is 146 Å². The van der Waals surface area contributed by atoms with Crippen LogP contribution in [0.5, 0.6) is 0 Å². The van der Waals surface area contributed by atoms with Crippen LogP contribution in [0.2, 0.25) is 0 Å². The normalized spacial score (nSPS) is 22.4. The van der Waals surface area contributed by atoms with Crippen molar-refractivity contribution < 1.29 is 4.79 Å². The second kappa shape index (κ2) is 5.79. The Morgan fingerprint density at radius 1 is 1.04 bits per heavy atom. The number of urea groups is 1. The molecule has 2 atom stereocenters. The van der Waals surface area contributed by atoms with Gasteiger partial charge in [-0.05, 0) is 49.3 Å². The summed E-state index contributed by atoms with van der Waals surface area (Å²) in [5.74, 6) is 1.18. The smallest absolute Gasteiger partial charge is 0.324 e. The zero-order valence-corrected chi connectivity index (χ0v) is 15.0. The highest BCUT2D eigenvalue weighted by Crippen LogP contribution is 2.33. The van der Waals surface area contributed by atoms with E-state index in [-0.39, 0.29) is 11.7 Å². The fourth-order valence-corrected chi connectivity index (χ4v) is 4.16. The van der Waals surface area contributed by atoms with Crippen LogP contribution in [0.25, 0.3) is 11.0 Å². The first-order valence-electron chi connectivity index (χ1n) is 8.82. The number of likely N-dealkylation sites (tertiary alicyclic amines) is 1. The Balaban J connectivity index is 1.58. The maximum absolute atomic E-state index is 12.7. The number of fused-ring (bicyclic) bond motifs is 2. The number of aromatic nitrogens is 2. The van der Waals surface area contributed by atoms with Crippen molar-refractivity contribution in [2.75, 3.05) is 18.4 Å². The number of carbonyl (C=O) groups excluding carboxylic acids is 1. The SMILES string of the molecule is Cc1cc2c(cc1NC(=O)N1CC3CC=CCC3C1)n(C)c(=O)n2C. The van der Waals surface area contributed by atoms with Gasteiger partial charge in [0.15, 0.2) is 0 Å². The van der Waals surface area contributed by atoms with E-state index in [1.54, 1.807) is 23.2 Å². The Bertz CT molecular complexity index is 921. The summed E-state index contributed by atoms with van der Waals surface area (Å²) in [7, 11) is 3.52. The molecule has 2 heterocycles. The number of benzene rings is 1. The Morgan fingerprint density at radius 2 is 1.60 bits per heavy atom. The number of amides is 2. The lowest BCUT2D eigenvalue weighted by Crippen LogP contribution is -2.33. The first-order valence-corrected chi connectivity index (χ1v) is 8.82. The molecule has 1 N–H and O–H groups in total. The van der Waals surface area contributed by atoms with Crippen molar-refractivity contribution in [1.29, 1.82) is 0 Å². The summed E-state index contributed by atoms with van der Waals surface area (Å²) in [6.07, 6.45) is 6.62. The average molecular weight is 340 g/mol. The molecule has 1 aliphatic heterocycles. The second-order valence-electron chi connectivity index (χ2n) is 7.35. The molecule has 25 heavy (non-hydrogen) atoms. The minimum atomic E-state index is -0.0611. The van der Waals surface area contributed by atoms with Crippen LogP contribution >= 0.6 is 0 Å². The first kappa shape index (κ1) is 16.0. The molecule has 2 aliphatic rings. The number of hydrogen-bond acceptors (Lipinski definition) is 2. The molecule has 1 aromatic heterocycles. The van der Waals surface area contributed by atoms with E-state index >= 15 is 0 Å². The van der Waals surface area contributed by atoms with Gasteiger partial charge in [-0.1, -0.05) is 12.2 Å². The number of imidazole rings is 1. The van der Waals surface area contributed by atoms with Crippen molar-refractivity contribution in [3.8, 4) is 0 Å². The maximum Gasteiger partial charge on any atom is 0.328 e. The lowest BCUT2D eigenvalue weighted by atomic mass is 9.86. The van der Waals surface area contributed by atoms with Crippen molar-refractivity contribution in [1.82, 2.24) is 14.0 Å². The average Bonchev–Trinajstić information content (AvgIpc) is 3.12. The van der Waals surface area contributed by atoms with Gasteiger partial charge in [0.1, 0.15) is 0 Å². The highest BCUT2D eigenvalue weighted by atomic mass is 16.2.